The first-order valence-electron chi connectivity index (χ1n) is 8.35. The van der Waals surface area contributed by atoms with Crippen molar-refractivity contribution in [3.8, 4) is 0 Å². The van der Waals surface area contributed by atoms with Crippen molar-refractivity contribution >= 4 is 21.7 Å². The molecule has 0 fully saturated rings. The summed E-state index contributed by atoms with van der Waals surface area (Å²) in [5, 5.41) is 0. The molecule has 0 aliphatic heterocycles. The standard InChI is InChI=1S/C19H23NO4S/c1-3-5-8-15-11-13-16(14-12-15)25(22,23)20-18-10-7-6-9-17(18)19(21)24-4-2/h6-7,9-14,20H,3-5,8H2,1-2H3. The molecule has 0 unspecified atom stereocenters. The van der Waals surface area contributed by atoms with Crippen molar-refractivity contribution < 1.29 is 17.9 Å². The average Bonchev–Trinajstić information content (AvgIpc) is 2.60. The molecule has 6 heteroatoms. The van der Waals surface area contributed by atoms with Crippen LogP contribution in [0.2, 0.25) is 0 Å². The number of nitrogens with one attached hydrogen (secondary N) is 1. The van der Waals surface area contributed by atoms with E-state index in [1.54, 1.807) is 37.3 Å². The highest BCUT2D eigenvalue weighted by Crippen LogP contribution is 2.21. The van der Waals surface area contributed by atoms with Crippen molar-refractivity contribution in [1.82, 2.24) is 0 Å². The van der Waals surface area contributed by atoms with Gasteiger partial charge in [0.15, 0.2) is 0 Å². The zero-order chi connectivity index (χ0) is 18.3. The lowest BCUT2D eigenvalue weighted by molar-refractivity contribution is 0.0527. The molecule has 25 heavy (non-hydrogen) atoms. The number of rotatable bonds is 8. The van der Waals surface area contributed by atoms with Crippen LogP contribution >= 0.6 is 0 Å². The minimum absolute atomic E-state index is 0.159. The van der Waals surface area contributed by atoms with Crippen LogP contribution in [0.25, 0.3) is 0 Å². The largest absolute Gasteiger partial charge is 0.462 e. The van der Waals surface area contributed by atoms with E-state index in [1.807, 2.05) is 12.1 Å². The van der Waals surface area contributed by atoms with E-state index < -0.39 is 16.0 Å². The molecule has 0 bridgehead atoms. The number of hydrogen-bond donors (Lipinski definition) is 1. The molecule has 0 radical (unpaired) electrons. The van der Waals surface area contributed by atoms with Crippen LogP contribution in [-0.4, -0.2) is 21.0 Å². The molecular formula is C19H23NO4S. The lowest BCUT2D eigenvalue weighted by Gasteiger charge is -2.12. The van der Waals surface area contributed by atoms with Crippen molar-refractivity contribution in [2.75, 3.05) is 11.3 Å². The molecule has 2 rings (SSSR count). The summed E-state index contributed by atoms with van der Waals surface area (Å²) < 4.78 is 32.6. The number of ether oxygens (including phenoxy) is 1. The number of aryl methyl sites for hydroxylation is 1. The third kappa shape index (κ3) is 5.06. The normalized spacial score (nSPS) is 11.1. The monoisotopic (exact) mass is 361 g/mol. The summed E-state index contributed by atoms with van der Waals surface area (Å²) in [4.78, 5) is 12.1. The molecule has 2 aromatic carbocycles. The van der Waals surface area contributed by atoms with Crippen LogP contribution in [0.4, 0.5) is 5.69 Å². The Morgan fingerprint density at radius 2 is 1.72 bits per heavy atom. The van der Waals surface area contributed by atoms with Crippen molar-refractivity contribution in [2.45, 2.75) is 38.0 Å². The lowest BCUT2D eigenvalue weighted by Crippen LogP contribution is -2.16. The van der Waals surface area contributed by atoms with Crippen LogP contribution < -0.4 is 4.72 Å². The number of esters is 1. The Kier molecular flexibility index (Phi) is 6.58. The number of unbranched alkanes of at least 4 members (excludes halogenated alkanes) is 1. The van der Waals surface area contributed by atoms with E-state index in [4.69, 9.17) is 4.74 Å². The van der Waals surface area contributed by atoms with E-state index in [9.17, 15) is 13.2 Å². The fourth-order valence-electron chi connectivity index (χ4n) is 2.38. The van der Waals surface area contributed by atoms with Crippen LogP contribution in [-0.2, 0) is 21.2 Å². The molecule has 1 N–H and O–H groups in total. The molecule has 5 nitrogen and oxygen atoms in total. The van der Waals surface area contributed by atoms with Crippen LogP contribution in [0.1, 0.15) is 42.6 Å². The molecule has 0 aromatic heterocycles. The number of hydrogen-bond acceptors (Lipinski definition) is 4. The smallest absolute Gasteiger partial charge is 0.340 e. The molecule has 2 aromatic rings. The van der Waals surface area contributed by atoms with E-state index in [1.165, 1.54) is 6.07 Å². The zero-order valence-corrected chi connectivity index (χ0v) is 15.3. The highest BCUT2D eigenvalue weighted by Gasteiger charge is 2.19. The van der Waals surface area contributed by atoms with Gasteiger partial charge in [0.05, 0.1) is 22.8 Å². The van der Waals surface area contributed by atoms with Crippen LogP contribution in [0.3, 0.4) is 0 Å². The molecule has 0 atom stereocenters. The van der Waals surface area contributed by atoms with E-state index in [2.05, 4.69) is 11.6 Å². The maximum absolute atomic E-state index is 12.6. The summed E-state index contributed by atoms with van der Waals surface area (Å²) in [6.45, 7) is 4.04. The zero-order valence-electron chi connectivity index (χ0n) is 14.5. The fraction of sp³-hybridized carbons (Fsp3) is 0.316. The van der Waals surface area contributed by atoms with Gasteiger partial charge in [0, 0.05) is 0 Å². The second-order valence-corrected chi connectivity index (χ2v) is 7.30. The van der Waals surface area contributed by atoms with Gasteiger partial charge in [0.1, 0.15) is 0 Å². The van der Waals surface area contributed by atoms with E-state index in [0.29, 0.717) is 0 Å². The van der Waals surface area contributed by atoms with Gasteiger partial charge in [0.2, 0.25) is 0 Å². The number of anilines is 1. The molecule has 0 aliphatic rings. The first-order valence-corrected chi connectivity index (χ1v) is 9.84. The highest BCUT2D eigenvalue weighted by molar-refractivity contribution is 7.92. The Morgan fingerprint density at radius 1 is 1.04 bits per heavy atom. The Hall–Kier alpha value is -2.34. The van der Waals surface area contributed by atoms with Crippen molar-refractivity contribution in [1.29, 1.82) is 0 Å². The van der Waals surface area contributed by atoms with Gasteiger partial charge < -0.3 is 4.74 Å². The first kappa shape index (κ1) is 19.0. The lowest BCUT2D eigenvalue weighted by atomic mass is 10.1. The van der Waals surface area contributed by atoms with E-state index in [0.717, 1.165) is 24.8 Å². The topological polar surface area (TPSA) is 72.5 Å². The summed E-state index contributed by atoms with van der Waals surface area (Å²) >= 11 is 0. The molecular weight excluding hydrogens is 338 g/mol. The molecule has 0 saturated carbocycles. The summed E-state index contributed by atoms with van der Waals surface area (Å²) in [6, 6.07) is 13.2. The Bertz CT molecular complexity index is 814. The highest BCUT2D eigenvalue weighted by atomic mass is 32.2. The van der Waals surface area contributed by atoms with Gasteiger partial charge in [-0.1, -0.05) is 37.6 Å². The molecule has 134 valence electrons. The number of carbonyl (C=O) groups excluding carboxylic acids is 1. The number of carbonyl (C=O) groups is 1. The van der Waals surface area contributed by atoms with Gasteiger partial charge in [-0.25, -0.2) is 13.2 Å². The average molecular weight is 361 g/mol. The van der Waals surface area contributed by atoms with Gasteiger partial charge in [-0.05, 0) is 49.6 Å². The summed E-state index contributed by atoms with van der Waals surface area (Å²) in [6.07, 6.45) is 3.08. The van der Waals surface area contributed by atoms with Gasteiger partial charge in [-0.3, -0.25) is 4.72 Å². The van der Waals surface area contributed by atoms with Gasteiger partial charge in [-0.2, -0.15) is 0 Å². The Labute approximate surface area is 149 Å². The van der Waals surface area contributed by atoms with Gasteiger partial charge in [-0.15, -0.1) is 0 Å². The van der Waals surface area contributed by atoms with Crippen molar-refractivity contribution in [3.05, 3.63) is 59.7 Å². The van der Waals surface area contributed by atoms with Crippen molar-refractivity contribution in [2.24, 2.45) is 0 Å². The Balaban J connectivity index is 2.23. The minimum atomic E-state index is -3.78. The fourth-order valence-corrected chi connectivity index (χ4v) is 3.46. The van der Waals surface area contributed by atoms with E-state index in [-0.39, 0.29) is 22.8 Å². The third-order valence-electron chi connectivity index (χ3n) is 3.72. The quantitative estimate of drug-likeness (QED) is 0.721. The molecule has 0 saturated heterocycles. The minimum Gasteiger partial charge on any atom is -0.462 e. The molecule has 0 heterocycles. The summed E-state index contributed by atoms with van der Waals surface area (Å²) in [7, 11) is -3.78. The maximum atomic E-state index is 12.6. The van der Waals surface area contributed by atoms with Crippen LogP contribution in [0, 0.1) is 0 Å². The second kappa shape index (κ2) is 8.67. The van der Waals surface area contributed by atoms with E-state index >= 15 is 0 Å². The second-order valence-electron chi connectivity index (χ2n) is 5.62. The van der Waals surface area contributed by atoms with Crippen molar-refractivity contribution in [3.63, 3.8) is 0 Å². The predicted molar refractivity (Wildman–Crippen MR) is 98.3 cm³/mol. The SMILES string of the molecule is CCCCc1ccc(S(=O)(=O)Nc2ccccc2C(=O)OCC)cc1. The van der Waals surface area contributed by atoms with Gasteiger partial charge >= 0.3 is 5.97 Å². The number of benzene rings is 2. The van der Waals surface area contributed by atoms with Gasteiger partial charge in [0.25, 0.3) is 10.0 Å². The van der Waals surface area contributed by atoms with Crippen LogP contribution in [0.15, 0.2) is 53.4 Å². The predicted octanol–water partition coefficient (Wildman–Crippen LogP) is 4.01. The molecule has 0 amide bonds. The third-order valence-corrected chi connectivity index (χ3v) is 5.10. The number of para-hydroxylation sites is 1. The Morgan fingerprint density at radius 3 is 2.36 bits per heavy atom. The maximum Gasteiger partial charge on any atom is 0.340 e. The summed E-state index contributed by atoms with van der Waals surface area (Å²) in [5.74, 6) is -0.560. The molecule has 0 spiro atoms. The first-order chi connectivity index (χ1) is 12.0. The van der Waals surface area contributed by atoms with Crippen LogP contribution in [0.5, 0.6) is 0 Å². The number of sulfonamides is 1. The summed E-state index contributed by atoms with van der Waals surface area (Å²) in [5.41, 5.74) is 1.50. The molecule has 0 aliphatic carbocycles.